The number of phenolic OH excluding ortho intramolecular Hbond substituents is 1. The summed E-state index contributed by atoms with van der Waals surface area (Å²) in [6.45, 7) is 1.61. The zero-order valence-electron chi connectivity index (χ0n) is 16.7. The maximum atomic E-state index is 12.8. The Kier molecular flexibility index (Phi) is 4.97. The molecule has 2 aliphatic heterocycles. The molecule has 30 heavy (non-hydrogen) atoms. The molecule has 154 valence electrons. The molecule has 5 nitrogen and oxygen atoms in total. The number of benzene rings is 3. The van der Waals surface area contributed by atoms with Crippen molar-refractivity contribution in [2.45, 2.75) is 30.3 Å². The van der Waals surface area contributed by atoms with Crippen molar-refractivity contribution in [3.05, 3.63) is 82.9 Å². The lowest BCUT2D eigenvalue weighted by Gasteiger charge is -2.41. The first-order valence-electron chi connectivity index (χ1n) is 10.0. The minimum absolute atomic E-state index is 0.266. The molecule has 1 N–H and O–H groups in total. The van der Waals surface area contributed by atoms with E-state index in [1.165, 1.54) is 16.7 Å². The minimum Gasteiger partial charge on any atom is -0.508 e. The van der Waals surface area contributed by atoms with Crippen LogP contribution in [0.2, 0.25) is 0 Å². The molecule has 2 atom stereocenters. The summed E-state index contributed by atoms with van der Waals surface area (Å²) >= 11 is -1.62. The molecule has 2 aliphatic rings. The first kappa shape index (κ1) is 19.2. The fourth-order valence-electron chi connectivity index (χ4n) is 4.51. The van der Waals surface area contributed by atoms with Gasteiger partial charge in [-0.2, -0.15) is 0 Å². The Morgan fingerprint density at radius 3 is 2.70 bits per heavy atom. The van der Waals surface area contributed by atoms with Crippen LogP contribution in [0, 0.1) is 0 Å². The molecular weight excluding hydrogens is 398 g/mol. The second-order valence-electron chi connectivity index (χ2n) is 7.69. The number of aromatic hydroxyl groups is 1. The molecule has 2 unspecified atom stereocenters. The van der Waals surface area contributed by atoms with E-state index in [-0.39, 0.29) is 6.04 Å². The van der Waals surface area contributed by atoms with Crippen LogP contribution in [0.15, 0.2) is 65.6 Å². The number of rotatable bonds is 4. The summed E-state index contributed by atoms with van der Waals surface area (Å²) in [4.78, 5) is 3.05. The molecule has 0 saturated heterocycles. The van der Waals surface area contributed by atoms with Crippen LogP contribution in [0.5, 0.6) is 17.2 Å². The molecule has 6 heteroatoms. The summed E-state index contributed by atoms with van der Waals surface area (Å²) in [6.07, 6.45) is 1.73. The zero-order valence-corrected chi connectivity index (χ0v) is 17.5. The standard InChI is InChI=1S/C24H23NO4S/c1-28-23-10-7-16-14-22-20-9-8-18(26)13-17(20)11-12-25(22)15-21(16)24(23)29-30(27)19-5-3-2-4-6-19/h2-10,13,22,26H,11-12,14-15H2,1H3. The summed E-state index contributed by atoms with van der Waals surface area (Å²) in [5, 5.41) is 9.84. The van der Waals surface area contributed by atoms with E-state index in [1.54, 1.807) is 25.3 Å². The number of hydrogen-bond donors (Lipinski definition) is 1. The van der Waals surface area contributed by atoms with Gasteiger partial charge in [0.25, 0.3) is 0 Å². The van der Waals surface area contributed by atoms with Crippen molar-refractivity contribution < 1.29 is 18.2 Å². The van der Waals surface area contributed by atoms with Crippen molar-refractivity contribution in [2.75, 3.05) is 13.7 Å². The molecule has 0 aromatic heterocycles. The van der Waals surface area contributed by atoms with E-state index < -0.39 is 11.1 Å². The highest BCUT2D eigenvalue weighted by molar-refractivity contribution is 7.80. The summed E-state index contributed by atoms with van der Waals surface area (Å²) in [5.74, 6) is 1.48. The molecule has 0 bridgehead atoms. The van der Waals surface area contributed by atoms with E-state index in [2.05, 4.69) is 11.0 Å². The van der Waals surface area contributed by atoms with Gasteiger partial charge < -0.3 is 14.0 Å². The van der Waals surface area contributed by atoms with Crippen LogP contribution in [-0.4, -0.2) is 27.9 Å². The van der Waals surface area contributed by atoms with Crippen LogP contribution in [0.1, 0.15) is 28.3 Å². The number of hydrogen-bond acceptors (Lipinski definition) is 5. The first-order chi connectivity index (χ1) is 14.6. The van der Waals surface area contributed by atoms with E-state index in [9.17, 15) is 9.32 Å². The van der Waals surface area contributed by atoms with Crippen molar-refractivity contribution in [3.63, 3.8) is 0 Å². The van der Waals surface area contributed by atoms with Gasteiger partial charge in [-0.15, -0.1) is 0 Å². The molecule has 3 aromatic rings. The fraction of sp³-hybridized carbons (Fsp3) is 0.250. The third-order valence-corrected chi connectivity index (χ3v) is 6.98. The van der Waals surface area contributed by atoms with Crippen molar-refractivity contribution in [3.8, 4) is 17.2 Å². The second-order valence-corrected chi connectivity index (χ2v) is 8.80. The zero-order chi connectivity index (χ0) is 20.7. The second kappa shape index (κ2) is 7.78. The van der Waals surface area contributed by atoms with Gasteiger partial charge in [0.15, 0.2) is 11.5 Å². The third kappa shape index (κ3) is 3.36. The topological polar surface area (TPSA) is 59.0 Å². The van der Waals surface area contributed by atoms with E-state index in [0.717, 1.165) is 24.9 Å². The maximum Gasteiger partial charge on any atom is 0.240 e. The van der Waals surface area contributed by atoms with Crippen LogP contribution in [0.25, 0.3) is 0 Å². The van der Waals surface area contributed by atoms with Crippen LogP contribution < -0.4 is 8.92 Å². The first-order valence-corrected chi connectivity index (χ1v) is 11.1. The van der Waals surface area contributed by atoms with Gasteiger partial charge in [0.1, 0.15) is 5.75 Å². The number of phenols is 1. The van der Waals surface area contributed by atoms with Gasteiger partial charge in [0.2, 0.25) is 11.1 Å². The largest absolute Gasteiger partial charge is 0.508 e. The minimum atomic E-state index is -1.62. The van der Waals surface area contributed by atoms with E-state index in [4.69, 9.17) is 8.92 Å². The van der Waals surface area contributed by atoms with Crippen LogP contribution in [0.4, 0.5) is 0 Å². The smallest absolute Gasteiger partial charge is 0.240 e. The molecule has 5 rings (SSSR count). The number of fused-ring (bicyclic) bond motifs is 4. The average Bonchev–Trinajstić information content (AvgIpc) is 2.78. The number of methoxy groups -OCH3 is 1. The molecule has 0 radical (unpaired) electrons. The van der Waals surface area contributed by atoms with Gasteiger partial charge in [0.05, 0.1) is 12.0 Å². The maximum absolute atomic E-state index is 12.8. The van der Waals surface area contributed by atoms with Crippen molar-refractivity contribution >= 4 is 11.1 Å². The monoisotopic (exact) mass is 421 g/mol. The van der Waals surface area contributed by atoms with Crippen LogP contribution in [0.3, 0.4) is 0 Å². The Hall–Kier alpha value is -2.83. The number of nitrogens with zero attached hydrogens (tertiary/aromatic N) is 1. The molecule has 0 saturated carbocycles. The molecule has 0 fully saturated rings. The lowest BCUT2D eigenvalue weighted by atomic mass is 9.83. The Balaban J connectivity index is 1.51. The Morgan fingerprint density at radius 2 is 1.90 bits per heavy atom. The van der Waals surface area contributed by atoms with Gasteiger partial charge >= 0.3 is 0 Å². The highest BCUT2D eigenvalue weighted by Gasteiger charge is 2.34. The van der Waals surface area contributed by atoms with Crippen LogP contribution >= 0.6 is 0 Å². The van der Waals surface area contributed by atoms with Crippen molar-refractivity contribution in [1.29, 1.82) is 0 Å². The van der Waals surface area contributed by atoms with Gasteiger partial charge in [-0.1, -0.05) is 30.3 Å². The van der Waals surface area contributed by atoms with E-state index in [1.807, 2.05) is 36.4 Å². The predicted octanol–water partition coefficient (Wildman–Crippen LogP) is 4.16. The molecule has 0 aliphatic carbocycles. The lowest BCUT2D eigenvalue weighted by Crippen LogP contribution is -2.39. The van der Waals surface area contributed by atoms with Gasteiger partial charge in [-0.25, -0.2) is 4.21 Å². The highest BCUT2D eigenvalue weighted by Crippen LogP contribution is 2.44. The Bertz CT molecular complexity index is 1120. The lowest BCUT2D eigenvalue weighted by molar-refractivity contribution is 0.159. The normalized spacial score (nSPS) is 18.6. The highest BCUT2D eigenvalue weighted by atomic mass is 32.2. The Labute approximate surface area is 178 Å². The van der Waals surface area contributed by atoms with Crippen LogP contribution in [-0.2, 0) is 30.5 Å². The Morgan fingerprint density at radius 1 is 1.07 bits per heavy atom. The van der Waals surface area contributed by atoms with Gasteiger partial charge in [0, 0.05) is 24.7 Å². The molecule has 0 spiro atoms. The fourth-order valence-corrected chi connectivity index (χ4v) is 5.32. The van der Waals surface area contributed by atoms with Gasteiger partial charge in [-0.3, -0.25) is 4.90 Å². The SMILES string of the molecule is COc1ccc2c(c1OS(=O)c1ccccc1)CN1CCc3cc(O)ccc3C1C2. The molecule has 0 amide bonds. The van der Waals surface area contributed by atoms with E-state index in [0.29, 0.717) is 28.7 Å². The molecular formula is C24H23NO4S. The summed E-state index contributed by atoms with van der Waals surface area (Å²) < 4.78 is 24.4. The summed E-state index contributed by atoms with van der Waals surface area (Å²) in [5.41, 5.74) is 4.71. The van der Waals surface area contributed by atoms with E-state index >= 15 is 0 Å². The quantitative estimate of drug-likeness (QED) is 0.686. The third-order valence-electron chi connectivity index (χ3n) is 6.01. The van der Waals surface area contributed by atoms with Crippen molar-refractivity contribution in [2.24, 2.45) is 0 Å². The number of ether oxygens (including phenoxy) is 1. The molecule has 2 heterocycles. The summed E-state index contributed by atoms with van der Waals surface area (Å²) in [6, 6.07) is 19.1. The molecule has 3 aromatic carbocycles. The predicted molar refractivity (Wildman–Crippen MR) is 115 cm³/mol. The average molecular weight is 422 g/mol. The van der Waals surface area contributed by atoms with Crippen molar-refractivity contribution in [1.82, 2.24) is 4.90 Å². The van der Waals surface area contributed by atoms with Gasteiger partial charge in [-0.05, 0) is 59.9 Å². The summed E-state index contributed by atoms with van der Waals surface area (Å²) in [7, 11) is 1.61.